The number of benzene rings is 1. The van der Waals surface area contributed by atoms with Crippen LogP contribution in [0.2, 0.25) is 5.02 Å². The van der Waals surface area contributed by atoms with Gasteiger partial charge < -0.3 is 10.1 Å². The van der Waals surface area contributed by atoms with Gasteiger partial charge >= 0.3 is 0 Å². The van der Waals surface area contributed by atoms with Crippen molar-refractivity contribution in [1.82, 2.24) is 5.32 Å². The van der Waals surface area contributed by atoms with Gasteiger partial charge in [0.25, 0.3) is 0 Å². The number of hydrogen-bond donors (Lipinski definition) is 1. The van der Waals surface area contributed by atoms with Crippen LogP contribution in [0, 0.1) is 5.92 Å². The second kappa shape index (κ2) is 5.92. The predicted molar refractivity (Wildman–Crippen MR) is 67.3 cm³/mol. The SMILES string of the molecule is O=C(NCCOc1ccc(Cl)cc1)C1CCC1. The summed E-state index contributed by atoms with van der Waals surface area (Å²) in [5.41, 5.74) is 0. The number of ether oxygens (including phenoxy) is 1. The van der Waals surface area contributed by atoms with Crippen molar-refractivity contribution in [2.75, 3.05) is 13.2 Å². The molecule has 2 rings (SSSR count). The highest BCUT2D eigenvalue weighted by molar-refractivity contribution is 6.30. The summed E-state index contributed by atoms with van der Waals surface area (Å²) in [6, 6.07) is 7.19. The van der Waals surface area contributed by atoms with E-state index in [1.54, 1.807) is 12.1 Å². The van der Waals surface area contributed by atoms with Crippen LogP contribution in [-0.4, -0.2) is 19.1 Å². The second-order valence-corrected chi connectivity index (χ2v) is 4.66. The van der Waals surface area contributed by atoms with Crippen molar-refractivity contribution in [3.8, 4) is 5.75 Å². The van der Waals surface area contributed by atoms with Crippen LogP contribution >= 0.6 is 11.6 Å². The Morgan fingerprint density at radius 1 is 1.35 bits per heavy atom. The van der Waals surface area contributed by atoms with E-state index < -0.39 is 0 Å². The molecule has 3 nitrogen and oxygen atoms in total. The molecular weight excluding hydrogens is 238 g/mol. The second-order valence-electron chi connectivity index (χ2n) is 4.22. The van der Waals surface area contributed by atoms with Crippen molar-refractivity contribution in [1.29, 1.82) is 0 Å². The van der Waals surface area contributed by atoms with Crippen LogP contribution in [0.4, 0.5) is 0 Å². The first kappa shape index (κ1) is 12.2. The molecule has 0 spiro atoms. The van der Waals surface area contributed by atoms with Gasteiger partial charge in [0, 0.05) is 10.9 Å². The molecule has 0 bridgehead atoms. The molecule has 0 radical (unpaired) electrons. The summed E-state index contributed by atoms with van der Waals surface area (Å²) < 4.78 is 5.47. The number of carbonyl (C=O) groups is 1. The summed E-state index contributed by atoms with van der Waals surface area (Å²) in [7, 11) is 0. The zero-order valence-electron chi connectivity index (χ0n) is 9.62. The molecule has 0 unspecified atom stereocenters. The van der Waals surface area contributed by atoms with Crippen LogP contribution in [0.25, 0.3) is 0 Å². The quantitative estimate of drug-likeness (QED) is 0.820. The standard InChI is InChI=1S/C13H16ClNO2/c14-11-4-6-12(7-5-11)17-9-8-15-13(16)10-2-1-3-10/h4-7,10H,1-3,8-9H2,(H,15,16). The molecule has 92 valence electrons. The molecule has 1 aromatic carbocycles. The van der Waals surface area contributed by atoms with E-state index in [0.717, 1.165) is 18.6 Å². The van der Waals surface area contributed by atoms with Gasteiger partial charge in [-0.25, -0.2) is 0 Å². The highest BCUT2D eigenvalue weighted by Crippen LogP contribution is 2.26. The Morgan fingerprint density at radius 2 is 2.06 bits per heavy atom. The predicted octanol–water partition coefficient (Wildman–Crippen LogP) is 2.64. The molecule has 4 heteroatoms. The van der Waals surface area contributed by atoms with E-state index in [1.807, 2.05) is 12.1 Å². The molecule has 1 aromatic rings. The van der Waals surface area contributed by atoms with Gasteiger partial charge in [-0.2, -0.15) is 0 Å². The van der Waals surface area contributed by atoms with Crippen LogP contribution in [0.3, 0.4) is 0 Å². The Balaban J connectivity index is 1.62. The third-order valence-electron chi connectivity index (χ3n) is 2.96. The van der Waals surface area contributed by atoms with Gasteiger partial charge in [0.1, 0.15) is 12.4 Å². The average molecular weight is 254 g/mol. The lowest BCUT2D eigenvalue weighted by Gasteiger charge is -2.23. The molecule has 1 saturated carbocycles. The number of halogens is 1. The van der Waals surface area contributed by atoms with Crippen LogP contribution in [-0.2, 0) is 4.79 Å². The Hall–Kier alpha value is -1.22. The third-order valence-corrected chi connectivity index (χ3v) is 3.21. The van der Waals surface area contributed by atoms with Crippen molar-refractivity contribution >= 4 is 17.5 Å². The van der Waals surface area contributed by atoms with E-state index >= 15 is 0 Å². The maximum Gasteiger partial charge on any atom is 0.223 e. The molecule has 0 heterocycles. The van der Waals surface area contributed by atoms with Gasteiger partial charge in [-0.1, -0.05) is 18.0 Å². The minimum atomic E-state index is 0.163. The molecule has 0 atom stereocenters. The fourth-order valence-electron chi connectivity index (χ4n) is 1.69. The van der Waals surface area contributed by atoms with E-state index in [-0.39, 0.29) is 11.8 Å². The molecule has 17 heavy (non-hydrogen) atoms. The monoisotopic (exact) mass is 253 g/mol. The average Bonchev–Trinajstić information content (AvgIpc) is 2.24. The van der Waals surface area contributed by atoms with Gasteiger partial charge in [-0.15, -0.1) is 0 Å². The Bertz CT molecular complexity index is 374. The summed E-state index contributed by atoms with van der Waals surface area (Å²) in [6.45, 7) is 1.04. The Labute approximate surface area is 106 Å². The maximum atomic E-state index is 11.5. The molecule has 0 aromatic heterocycles. The fraction of sp³-hybridized carbons (Fsp3) is 0.462. The highest BCUT2D eigenvalue weighted by atomic mass is 35.5. The lowest BCUT2D eigenvalue weighted by atomic mass is 9.85. The van der Waals surface area contributed by atoms with Crippen molar-refractivity contribution in [2.45, 2.75) is 19.3 Å². The molecule has 0 saturated heterocycles. The minimum absolute atomic E-state index is 0.163. The van der Waals surface area contributed by atoms with Crippen molar-refractivity contribution < 1.29 is 9.53 Å². The molecule has 1 aliphatic rings. The van der Waals surface area contributed by atoms with Crippen LogP contribution in [0.5, 0.6) is 5.75 Å². The van der Waals surface area contributed by atoms with Crippen molar-refractivity contribution in [3.63, 3.8) is 0 Å². The third kappa shape index (κ3) is 3.63. The largest absolute Gasteiger partial charge is 0.492 e. The first-order valence-corrected chi connectivity index (χ1v) is 6.29. The van der Waals surface area contributed by atoms with Gasteiger partial charge in [-0.05, 0) is 37.1 Å². The number of hydrogen-bond acceptors (Lipinski definition) is 2. The maximum absolute atomic E-state index is 11.5. The highest BCUT2D eigenvalue weighted by Gasteiger charge is 2.24. The van der Waals surface area contributed by atoms with Gasteiger partial charge in [0.05, 0.1) is 6.54 Å². The normalized spacial score (nSPS) is 15.1. The summed E-state index contributed by atoms with van der Waals surface area (Å²) in [5.74, 6) is 1.17. The van der Waals surface area contributed by atoms with E-state index in [2.05, 4.69) is 5.32 Å². The number of rotatable bonds is 5. The molecule has 1 fully saturated rings. The Morgan fingerprint density at radius 3 is 2.65 bits per heavy atom. The van der Waals surface area contributed by atoms with E-state index in [9.17, 15) is 4.79 Å². The lowest BCUT2D eigenvalue weighted by Crippen LogP contribution is -2.36. The molecule has 1 aliphatic carbocycles. The van der Waals surface area contributed by atoms with Gasteiger partial charge in [0.2, 0.25) is 5.91 Å². The molecule has 0 aliphatic heterocycles. The fourth-order valence-corrected chi connectivity index (χ4v) is 1.81. The number of amides is 1. The van der Waals surface area contributed by atoms with Crippen molar-refractivity contribution in [3.05, 3.63) is 29.3 Å². The minimum Gasteiger partial charge on any atom is -0.492 e. The van der Waals surface area contributed by atoms with Crippen LogP contribution < -0.4 is 10.1 Å². The lowest BCUT2D eigenvalue weighted by molar-refractivity contribution is -0.127. The van der Waals surface area contributed by atoms with Crippen LogP contribution in [0.15, 0.2) is 24.3 Å². The molecule has 1 N–H and O–H groups in total. The smallest absolute Gasteiger partial charge is 0.223 e. The van der Waals surface area contributed by atoms with Crippen LogP contribution in [0.1, 0.15) is 19.3 Å². The van der Waals surface area contributed by atoms with Gasteiger partial charge in [0.15, 0.2) is 0 Å². The molecular formula is C13H16ClNO2. The molecule has 1 amide bonds. The summed E-state index contributed by atoms with van der Waals surface area (Å²) in [4.78, 5) is 11.5. The zero-order chi connectivity index (χ0) is 12.1. The number of carbonyl (C=O) groups excluding carboxylic acids is 1. The van der Waals surface area contributed by atoms with Gasteiger partial charge in [-0.3, -0.25) is 4.79 Å². The van der Waals surface area contributed by atoms with E-state index in [4.69, 9.17) is 16.3 Å². The van der Waals surface area contributed by atoms with E-state index in [0.29, 0.717) is 18.2 Å². The van der Waals surface area contributed by atoms with E-state index in [1.165, 1.54) is 6.42 Å². The first-order chi connectivity index (χ1) is 8.25. The topological polar surface area (TPSA) is 38.3 Å². The summed E-state index contributed by atoms with van der Waals surface area (Å²) in [5, 5.41) is 3.57. The summed E-state index contributed by atoms with van der Waals surface area (Å²) >= 11 is 5.76. The number of nitrogens with one attached hydrogen (secondary N) is 1. The van der Waals surface area contributed by atoms with Crippen molar-refractivity contribution in [2.24, 2.45) is 5.92 Å². The zero-order valence-corrected chi connectivity index (χ0v) is 10.4. The first-order valence-electron chi connectivity index (χ1n) is 5.92. The summed E-state index contributed by atoms with van der Waals surface area (Å²) in [6.07, 6.45) is 3.24. The Kier molecular flexibility index (Phi) is 4.26.